The van der Waals surface area contributed by atoms with Crippen LogP contribution < -0.4 is 5.73 Å². The highest BCUT2D eigenvalue weighted by Gasteiger charge is 2.29. The lowest BCUT2D eigenvalue weighted by Gasteiger charge is -2.19. The summed E-state index contributed by atoms with van der Waals surface area (Å²) in [4.78, 5) is 23.4. The topological polar surface area (TPSA) is 85.9 Å². The summed E-state index contributed by atoms with van der Waals surface area (Å²) in [7, 11) is 0. The minimum atomic E-state index is -0.482. The Balaban J connectivity index is 2.92. The summed E-state index contributed by atoms with van der Waals surface area (Å²) in [6.07, 6.45) is 2.94. The minimum absolute atomic E-state index is 0.161. The first kappa shape index (κ1) is 13.3. The van der Waals surface area contributed by atoms with E-state index in [1.165, 1.54) is 6.20 Å². The summed E-state index contributed by atoms with van der Waals surface area (Å²) in [5.41, 5.74) is 5.55. The number of Topliss-reactive ketones (excluding diaryl/α,β-unsaturated/α-hetero) is 1. The molecule has 0 fully saturated rings. The normalized spacial score (nSPS) is 14.0. The van der Waals surface area contributed by atoms with Gasteiger partial charge in [0.2, 0.25) is 5.91 Å². The average molecular weight is 235 g/mol. The van der Waals surface area contributed by atoms with Gasteiger partial charge < -0.3 is 5.73 Å². The molecule has 1 aromatic heterocycles. The Hall–Kier alpha value is -1.78. The fourth-order valence-electron chi connectivity index (χ4n) is 1.74. The van der Waals surface area contributed by atoms with Gasteiger partial charge in [-0.15, -0.1) is 5.10 Å². The van der Waals surface area contributed by atoms with Gasteiger partial charge in [-0.2, -0.15) is 5.10 Å². The second-order valence-electron chi connectivity index (χ2n) is 4.06. The van der Waals surface area contributed by atoms with Gasteiger partial charge in [0.25, 0.3) is 0 Å². The van der Waals surface area contributed by atoms with E-state index in [1.807, 2.05) is 6.92 Å². The third-order valence-electron chi connectivity index (χ3n) is 2.81. The molecule has 0 aliphatic heterocycles. The van der Waals surface area contributed by atoms with Gasteiger partial charge in [0.05, 0.1) is 0 Å². The number of carbonyl (C=O) groups is 2. The predicted molar refractivity (Wildman–Crippen MR) is 63.1 cm³/mol. The molecule has 0 radical (unpaired) electrons. The van der Waals surface area contributed by atoms with E-state index in [0.29, 0.717) is 12.1 Å². The van der Waals surface area contributed by atoms with E-state index in [-0.39, 0.29) is 5.78 Å². The highest BCUT2D eigenvalue weighted by Crippen LogP contribution is 2.21. The molecule has 2 atom stereocenters. The first-order chi connectivity index (χ1) is 8.07. The second-order valence-corrected chi connectivity index (χ2v) is 4.06. The van der Waals surface area contributed by atoms with Crippen LogP contribution in [0.3, 0.4) is 0 Å². The molecule has 1 rings (SSSR count). The zero-order valence-electron chi connectivity index (χ0n) is 10.1. The van der Waals surface area contributed by atoms with Crippen molar-refractivity contribution >= 4 is 11.7 Å². The molecule has 0 saturated heterocycles. The predicted octanol–water partition coefficient (Wildman–Crippen LogP) is 1.20. The standard InChI is InChI=1S/C12H17N3O2/c1-3-5-9(8(2)12(13)17)11(16)10-6-4-7-14-15-10/h4,6-9H,3,5H2,1-2H3,(H2,13,17)/t8?,9-/m0/s1. The number of hydrogen-bond acceptors (Lipinski definition) is 4. The molecule has 0 spiro atoms. The van der Waals surface area contributed by atoms with Gasteiger partial charge in [-0.3, -0.25) is 9.59 Å². The van der Waals surface area contributed by atoms with Crippen molar-refractivity contribution in [2.24, 2.45) is 17.6 Å². The van der Waals surface area contributed by atoms with E-state index >= 15 is 0 Å². The van der Waals surface area contributed by atoms with Crippen molar-refractivity contribution in [1.29, 1.82) is 0 Å². The van der Waals surface area contributed by atoms with Gasteiger partial charge >= 0.3 is 0 Å². The third-order valence-corrected chi connectivity index (χ3v) is 2.81. The lowest BCUT2D eigenvalue weighted by Crippen LogP contribution is -2.32. The largest absolute Gasteiger partial charge is 0.369 e. The van der Waals surface area contributed by atoms with E-state index in [1.54, 1.807) is 19.1 Å². The van der Waals surface area contributed by atoms with E-state index in [2.05, 4.69) is 10.2 Å². The molecule has 92 valence electrons. The third kappa shape index (κ3) is 3.34. The van der Waals surface area contributed by atoms with Crippen molar-refractivity contribution in [2.75, 3.05) is 0 Å². The molecule has 0 aliphatic rings. The molecule has 1 unspecified atom stereocenters. The van der Waals surface area contributed by atoms with Gasteiger partial charge in [-0.1, -0.05) is 20.3 Å². The molecule has 2 N–H and O–H groups in total. The summed E-state index contributed by atoms with van der Waals surface area (Å²) in [5, 5.41) is 7.44. The number of nitrogens with two attached hydrogens (primary N) is 1. The average Bonchev–Trinajstić information content (AvgIpc) is 2.35. The number of ketones is 1. The van der Waals surface area contributed by atoms with E-state index in [4.69, 9.17) is 5.73 Å². The monoisotopic (exact) mass is 235 g/mol. The van der Waals surface area contributed by atoms with E-state index in [9.17, 15) is 9.59 Å². The number of amides is 1. The Morgan fingerprint density at radius 1 is 1.47 bits per heavy atom. The number of hydrogen-bond donors (Lipinski definition) is 1. The molecule has 0 saturated carbocycles. The van der Waals surface area contributed by atoms with Gasteiger partial charge in [-0.05, 0) is 18.6 Å². The Kier molecular flexibility index (Phi) is 4.75. The Bertz CT molecular complexity index is 392. The van der Waals surface area contributed by atoms with Crippen LogP contribution in [-0.4, -0.2) is 21.9 Å². The summed E-state index contributed by atoms with van der Waals surface area (Å²) in [6.45, 7) is 3.64. The van der Waals surface area contributed by atoms with Gasteiger partial charge in [-0.25, -0.2) is 0 Å². The molecule has 0 bridgehead atoms. The zero-order valence-corrected chi connectivity index (χ0v) is 10.1. The highest BCUT2D eigenvalue weighted by atomic mass is 16.1. The molecule has 1 heterocycles. The summed E-state index contributed by atoms with van der Waals surface area (Å²) < 4.78 is 0. The number of carbonyl (C=O) groups excluding carboxylic acids is 2. The smallest absolute Gasteiger partial charge is 0.220 e. The van der Waals surface area contributed by atoms with Crippen molar-refractivity contribution in [3.8, 4) is 0 Å². The minimum Gasteiger partial charge on any atom is -0.369 e. The first-order valence-electron chi connectivity index (χ1n) is 5.69. The van der Waals surface area contributed by atoms with Crippen LogP contribution in [0.1, 0.15) is 37.2 Å². The number of primary amides is 1. The van der Waals surface area contributed by atoms with Crippen LogP contribution in [0.2, 0.25) is 0 Å². The Morgan fingerprint density at radius 3 is 2.65 bits per heavy atom. The maximum absolute atomic E-state index is 12.2. The van der Waals surface area contributed by atoms with E-state index in [0.717, 1.165) is 6.42 Å². The lowest BCUT2D eigenvalue weighted by molar-refractivity contribution is -0.122. The zero-order chi connectivity index (χ0) is 12.8. The van der Waals surface area contributed by atoms with Crippen molar-refractivity contribution in [3.05, 3.63) is 24.0 Å². The van der Waals surface area contributed by atoms with Crippen LogP contribution >= 0.6 is 0 Å². The summed E-state index contributed by atoms with van der Waals surface area (Å²) in [6, 6.07) is 3.25. The number of rotatable bonds is 6. The first-order valence-corrected chi connectivity index (χ1v) is 5.69. The fraction of sp³-hybridized carbons (Fsp3) is 0.500. The molecule has 0 aliphatic carbocycles. The quantitative estimate of drug-likeness (QED) is 0.750. The Labute approximate surface area is 100 Å². The van der Waals surface area contributed by atoms with Crippen LogP contribution in [0.25, 0.3) is 0 Å². The molecule has 5 heteroatoms. The van der Waals surface area contributed by atoms with Gasteiger partial charge in [0.1, 0.15) is 5.69 Å². The van der Waals surface area contributed by atoms with Crippen LogP contribution in [0.4, 0.5) is 0 Å². The van der Waals surface area contributed by atoms with Crippen LogP contribution in [0, 0.1) is 11.8 Å². The molecule has 17 heavy (non-hydrogen) atoms. The number of nitrogens with zero attached hydrogens (tertiary/aromatic N) is 2. The van der Waals surface area contributed by atoms with Gasteiger partial charge in [0, 0.05) is 18.0 Å². The Morgan fingerprint density at radius 2 is 2.18 bits per heavy atom. The molecule has 0 aromatic carbocycles. The van der Waals surface area contributed by atoms with Crippen LogP contribution in [0.15, 0.2) is 18.3 Å². The highest BCUT2D eigenvalue weighted by molar-refractivity contribution is 5.98. The van der Waals surface area contributed by atoms with Crippen molar-refractivity contribution in [1.82, 2.24) is 10.2 Å². The van der Waals surface area contributed by atoms with Crippen LogP contribution in [0.5, 0.6) is 0 Å². The van der Waals surface area contributed by atoms with E-state index < -0.39 is 17.7 Å². The van der Waals surface area contributed by atoms with Crippen molar-refractivity contribution in [3.63, 3.8) is 0 Å². The van der Waals surface area contributed by atoms with Gasteiger partial charge in [0.15, 0.2) is 5.78 Å². The second kappa shape index (κ2) is 6.08. The fourth-order valence-corrected chi connectivity index (χ4v) is 1.74. The SMILES string of the molecule is CCC[C@H](C(=O)c1cccnn1)C(C)C(N)=O. The van der Waals surface area contributed by atoms with Crippen LogP contribution in [-0.2, 0) is 4.79 Å². The summed E-state index contributed by atoms with van der Waals surface area (Å²) >= 11 is 0. The lowest BCUT2D eigenvalue weighted by atomic mass is 9.84. The summed E-state index contributed by atoms with van der Waals surface area (Å²) in [5.74, 6) is -1.51. The molecular formula is C12H17N3O2. The van der Waals surface area contributed by atoms with Crippen molar-refractivity contribution < 1.29 is 9.59 Å². The maximum atomic E-state index is 12.2. The molecule has 1 aromatic rings. The molecular weight excluding hydrogens is 218 g/mol. The maximum Gasteiger partial charge on any atom is 0.220 e. The van der Waals surface area contributed by atoms with Crippen molar-refractivity contribution in [2.45, 2.75) is 26.7 Å². The number of aromatic nitrogens is 2. The molecule has 1 amide bonds. The molecule has 5 nitrogen and oxygen atoms in total.